The van der Waals surface area contributed by atoms with Gasteiger partial charge in [-0.1, -0.05) is 19.1 Å². The lowest BCUT2D eigenvalue weighted by Gasteiger charge is -2.13. The highest BCUT2D eigenvalue weighted by Crippen LogP contribution is 2.21. The fraction of sp³-hybridized carbons (Fsp3) is 0.267. The minimum absolute atomic E-state index is 0.0979. The Morgan fingerprint density at radius 2 is 2.14 bits per heavy atom. The largest absolute Gasteiger partial charge is 0.481 e. The number of fused-ring (bicyclic) bond motifs is 1. The smallest absolute Gasteiger partial charge is 0.319 e. The van der Waals surface area contributed by atoms with Gasteiger partial charge in [0.1, 0.15) is 0 Å². The van der Waals surface area contributed by atoms with Crippen molar-refractivity contribution in [2.24, 2.45) is 5.92 Å². The molecule has 0 aliphatic rings. The van der Waals surface area contributed by atoms with Gasteiger partial charge in [0.2, 0.25) is 0 Å². The Kier molecular flexibility index (Phi) is 4.71. The molecule has 0 saturated carbocycles. The first-order valence-electron chi connectivity index (χ1n) is 6.72. The second-order valence-corrected chi connectivity index (χ2v) is 4.68. The molecule has 0 aliphatic carbocycles. The minimum atomic E-state index is -0.910. The van der Waals surface area contributed by atoms with Gasteiger partial charge in [-0.05, 0) is 23.9 Å². The summed E-state index contributed by atoms with van der Waals surface area (Å²) in [6.45, 7) is 1.87. The molecule has 21 heavy (non-hydrogen) atoms. The normalized spacial score (nSPS) is 11.9. The number of urea groups is 1. The van der Waals surface area contributed by atoms with E-state index < -0.39 is 17.9 Å². The van der Waals surface area contributed by atoms with E-state index >= 15 is 0 Å². The number of nitrogens with one attached hydrogen (secondary N) is 2. The topological polar surface area (TPSA) is 91.3 Å². The molecule has 0 saturated heterocycles. The molecule has 2 aromatic rings. The molecular weight excluding hydrogens is 270 g/mol. The average molecular weight is 287 g/mol. The van der Waals surface area contributed by atoms with Crippen LogP contribution in [0.25, 0.3) is 10.8 Å². The molecule has 0 aliphatic heterocycles. The van der Waals surface area contributed by atoms with E-state index in [-0.39, 0.29) is 6.54 Å². The van der Waals surface area contributed by atoms with Crippen molar-refractivity contribution in [2.45, 2.75) is 13.3 Å². The molecule has 3 N–H and O–H groups in total. The summed E-state index contributed by atoms with van der Waals surface area (Å²) in [5.74, 6) is -1.49. The minimum Gasteiger partial charge on any atom is -0.481 e. The maximum atomic E-state index is 11.9. The van der Waals surface area contributed by atoms with Crippen molar-refractivity contribution in [2.75, 3.05) is 11.9 Å². The van der Waals surface area contributed by atoms with Crippen LogP contribution in [0.2, 0.25) is 0 Å². The third kappa shape index (κ3) is 3.68. The summed E-state index contributed by atoms with van der Waals surface area (Å²) in [6.07, 6.45) is 3.83. The van der Waals surface area contributed by atoms with Crippen molar-refractivity contribution in [3.8, 4) is 0 Å². The van der Waals surface area contributed by atoms with Crippen LogP contribution in [0.3, 0.4) is 0 Å². The van der Waals surface area contributed by atoms with Crippen LogP contribution >= 0.6 is 0 Å². The van der Waals surface area contributed by atoms with Crippen LogP contribution in [-0.2, 0) is 4.79 Å². The van der Waals surface area contributed by atoms with Gasteiger partial charge >= 0.3 is 12.0 Å². The highest BCUT2D eigenvalue weighted by Gasteiger charge is 2.16. The zero-order chi connectivity index (χ0) is 15.2. The molecule has 0 spiro atoms. The van der Waals surface area contributed by atoms with E-state index in [1.54, 1.807) is 25.4 Å². The predicted molar refractivity (Wildman–Crippen MR) is 80.2 cm³/mol. The molecule has 0 bridgehead atoms. The first-order chi connectivity index (χ1) is 10.1. The van der Waals surface area contributed by atoms with E-state index in [0.717, 1.165) is 10.8 Å². The van der Waals surface area contributed by atoms with Gasteiger partial charge in [-0.25, -0.2) is 4.79 Å². The monoisotopic (exact) mass is 287 g/mol. The van der Waals surface area contributed by atoms with Crippen molar-refractivity contribution in [3.05, 3.63) is 36.7 Å². The standard InChI is InChI=1S/C15H17N3O3/c1-2-10(14(19)20)8-17-15(21)18-13-5-3-4-11-6-7-16-9-12(11)13/h3-7,9-10H,2,8H2,1H3,(H,19,20)(H2,17,18,21). The number of carbonyl (C=O) groups excluding carboxylic acids is 1. The molecular formula is C15H17N3O3. The highest BCUT2D eigenvalue weighted by atomic mass is 16.4. The van der Waals surface area contributed by atoms with Crippen LogP contribution in [0.15, 0.2) is 36.7 Å². The zero-order valence-electron chi connectivity index (χ0n) is 11.7. The Labute approximate surface area is 122 Å². The Morgan fingerprint density at radius 1 is 1.33 bits per heavy atom. The predicted octanol–water partition coefficient (Wildman–Crippen LogP) is 2.47. The Balaban J connectivity index is 2.03. The third-order valence-electron chi connectivity index (χ3n) is 3.28. The van der Waals surface area contributed by atoms with Crippen LogP contribution < -0.4 is 10.6 Å². The van der Waals surface area contributed by atoms with Gasteiger partial charge in [-0.15, -0.1) is 0 Å². The summed E-state index contributed by atoms with van der Waals surface area (Å²) in [6, 6.07) is 6.97. The molecule has 1 aromatic carbocycles. The summed E-state index contributed by atoms with van der Waals surface area (Å²) >= 11 is 0. The van der Waals surface area contributed by atoms with Gasteiger partial charge in [0.25, 0.3) is 0 Å². The van der Waals surface area contributed by atoms with Gasteiger partial charge in [0.05, 0.1) is 11.6 Å². The van der Waals surface area contributed by atoms with Crippen LogP contribution in [0.5, 0.6) is 0 Å². The first-order valence-corrected chi connectivity index (χ1v) is 6.72. The fourth-order valence-electron chi connectivity index (χ4n) is 2.01. The molecule has 6 heteroatoms. The maximum absolute atomic E-state index is 11.9. The van der Waals surface area contributed by atoms with Crippen LogP contribution in [-0.4, -0.2) is 28.6 Å². The molecule has 1 aromatic heterocycles. The quantitative estimate of drug-likeness (QED) is 0.787. The second-order valence-electron chi connectivity index (χ2n) is 4.68. The molecule has 1 atom stereocenters. The van der Waals surface area contributed by atoms with Crippen molar-refractivity contribution in [1.29, 1.82) is 0 Å². The van der Waals surface area contributed by atoms with Gasteiger partial charge in [0, 0.05) is 24.3 Å². The van der Waals surface area contributed by atoms with E-state index in [1.165, 1.54) is 0 Å². The van der Waals surface area contributed by atoms with Crippen LogP contribution in [0.4, 0.5) is 10.5 Å². The Bertz CT molecular complexity index is 652. The van der Waals surface area contributed by atoms with Crippen LogP contribution in [0, 0.1) is 5.92 Å². The summed E-state index contributed by atoms with van der Waals surface area (Å²) < 4.78 is 0. The number of nitrogens with zero attached hydrogens (tertiary/aromatic N) is 1. The van der Waals surface area contributed by atoms with Crippen molar-refractivity contribution in [3.63, 3.8) is 0 Å². The number of benzene rings is 1. The lowest BCUT2D eigenvalue weighted by molar-refractivity contribution is -0.141. The average Bonchev–Trinajstić information content (AvgIpc) is 2.48. The number of hydrogen-bond acceptors (Lipinski definition) is 3. The SMILES string of the molecule is CCC(CNC(=O)Nc1cccc2ccncc12)C(=O)O. The molecule has 2 amide bonds. The number of hydrogen-bond donors (Lipinski definition) is 3. The molecule has 0 radical (unpaired) electrons. The van der Waals surface area contributed by atoms with Crippen molar-refractivity contribution < 1.29 is 14.7 Å². The summed E-state index contributed by atoms with van der Waals surface area (Å²) in [4.78, 5) is 26.8. The summed E-state index contributed by atoms with van der Waals surface area (Å²) in [7, 11) is 0. The van der Waals surface area contributed by atoms with Crippen molar-refractivity contribution in [1.82, 2.24) is 10.3 Å². The van der Waals surface area contributed by atoms with E-state index in [4.69, 9.17) is 5.11 Å². The van der Waals surface area contributed by atoms with E-state index in [9.17, 15) is 9.59 Å². The molecule has 0 fully saturated rings. The van der Waals surface area contributed by atoms with Gasteiger partial charge in [-0.3, -0.25) is 9.78 Å². The summed E-state index contributed by atoms with van der Waals surface area (Å²) in [5, 5.41) is 16.0. The number of anilines is 1. The van der Waals surface area contributed by atoms with Crippen LogP contribution in [0.1, 0.15) is 13.3 Å². The van der Waals surface area contributed by atoms with Crippen molar-refractivity contribution >= 4 is 28.5 Å². The molecule has 110 valence electrons. The molecule has 2 rings (SSSR count). The number of carboxylic acid groups (broad SMARTS) is 1. The number of carboxylic acids is 1. The molecule has 1 heterocycles. The lowest BCUT2D eigenvalue weighted by Crippen LogP contribution is -2.35. The van der Waals surface area contributed by atoms with Gasteiger partial charge in [-0.2, -0.15) is 0 Å². The number of amides is 2. The first kappa shape index (κ1) is 14.8. The number of aliphatic carboxylic acids is 1. The van der Waals surface area contributed by atoms with E-state index in [2.05, 4.69) is 15.6 Å². The Morgan fingerprint density at radius 3 is 2.86 bits per heavy atom. The van der Waals surface area contributed by atoms with Gasteiger partial charge < -0.3 is 15.7 Å². The lowest BCUT2D eigenvalue weighted by atomic mass is 10.1. The Hall–Kier alpha value is -2.63. The van der Waals surface area contributed by atoms with Gasteiger partial charge in [0.15, 0.2) is 0 Å². The van der Waals surface area contributed by atoms with E-state index in [1.807, 2.05) is 18.2 Å². The third-order valence-corrected chi connectivity index (χ3v) is 3.28. The fourth-order valence-corrected chi connectivity index (χ4v) is 2.01. The zero-order valence-corrected chi connectivity index (χ0v) is 11.7. The summed E-state index contributed by atoms with van der Waals surface area (Å²) in [5.41, 5.74) is 0.640. The maximum Gasteiger partial charge on any atom is 0.319 e. The number of rotatable bonds is 5. The number of pyridine rings is 1. The second kappa shape index (κ2) is 6.69. The number of aromatic nitrogens is 1. The van der Waals surface area contributed by atoms with E-state index in [0.29, 0.717) is 12.1 Å². The highest BCUT2D eigenvalue weighted by molar-refractivity contribution is 6.01. The molecule has 6 nitrogen and oxygen atoms in total. The number of carbonyl (C=O) groups is 2. The molecule has 1 unspecified atom stereocenters.